The molecule has 0 radical (unpaired) electrons. The van der Waals surface area contributed by atoms with Crippen molar-refractivity contribution in [3.05, 3.63) is 47.3 Å². The minimum atomic E-state index is -1.92. The van der Waals surface area contributed by atoms with E-state index in [4.69, 9.17) is 33.2 Å². The number of rotatable bonds is 10. The van der Waals surface area contributed by atoms with Crippen molar-refractivity contribution in [3.63, 3.8) is 0 Å². The molecule has 0 spiro atoms. The monoisotopic (exact) mass is 782 g/mol. The summed E-state index contributed by atoms with van der Waals surface area (Å²) in [6.07, 6.45) is -0.670. The molecule has 0 saturated carbocycles. The predicted octanol–water partition coefficient (Wildman–Crippen LogP) is 4.20. The predicted molar refractivity (Wildman–Crippen MR) is 206 cm³/mol. The van der Waals surface area contributed by atoms with E-state index in [-0.39, 0.29) is 35.9 Å². The maximum absolute atomic E-state index is 13.8. The van der Waals surface area contributed by atoms with Crippen molar-refractivity contribution in [2.75, 3.05) is 21.3 Å². The third-order valence-electron chi connectivity index (χ3n) is 11.8. The first-order valence-electron chi connectivity index (χ1n) is 19.7. The first-order chi connectivity index (χ1) is 25.7. The largest absolute Gasteiger partial charge is 0.490 e. The number of ether oxygens (including phenoxy) is 7. The molecule has 0 aromatic heterocycles. The Labute approximate surface area is 328 Å². The van der Waals surface area contributed by atoms with E-state index < -0.39 is 90.9 Å². The average Bonchev–Trinajstić information content (AvgIpc) is 3.13. The summed E-state index contributed by atoms with van der Waals surface area (Å²) in [7, 11) is 4.25. The fourth-order valence-electron chi connectivity index (χ4n) is 8.23. The maximum Gasteiger partial charge on any atom is 0.373 e. The van der Waals surface area contributed by atoms with Gasteiger partial charge in [-0.05, 0) is 45.1 Å². The van der Waals surface area contributed by atoms with Gasteiger partial charge in [0.1, 0.15) is 30.5 Å². The van der Waals surface area contributed by atoms with Crippen molar-refractivity contribution in [1.82, 2.24) is 0 Å². The summed E-state index contributed by atoms with van der Waals surface area (Å²) in [5.41, 5.74) is 1.73. The molecule has 0 amide bonds. The van der Waals surface area contributed by atoms with Gasteiger partial charge in [-0.3, -0.25) is 0 Å². The topological polar surface area (TPSA) is 183 Å². The maximum atomic E-state index is 13.8. The number of hydrogen-bond acceptors (Lipinski definition) is 13. The number of methoxy groups -OCH3 is 3. The normalized spacial score (nSPS) is 43.8. The molecule has 3 rings (SSSR count). The number of carbonyl (C=O) groups is 1. The highest BCUT2D eigenvalue weighted by Crippen LogP contribution is 2.43. The van der Waals surface area contributed by atoms with E-state index in [1.165, 1.54) is 21.3 Å². The van der Waals surface area contributed by atoms with Crippen molar-refractivity contribution in [2.24, 2.45) is 35.5 Å². The van der Waals surface area contributed by atoms with Gasteiger partial charge in [0.2, 0.25) is 5.76 Å². The van der Waals surface area contributed by atoms with Crippen LogP contribution in [0.5, 0.6) is 0 Å². The zero-order valence-electron chi connectivity index (χ0n) is 35.1. The molecule has 0 aromatic rings. The molecule has 13 nitrogen and oxygen atoms in total. The van der Waals surface area contributed by atoms with Crippen LogP contribution in [-0.2, 0) is 38.0 Å². The highest BCUT2D eigenvalue weighted by molar-refractivity contribution is 5.87. The second-order valence-electron chi connectivity index (χ2n) is 16.6. The second-order valence-corrected chi connectivity index (χ2v) is 16.6. The van der Waals surface area contributed by atoms with E-state index in [1.54, 1.807) is 32.9 Å². The summed E-state index contributed by atoms with van der Waals surface area (Å²) in [5.74, 6) is -5.08. The van der Waals surface area contributed by atoms with Crippen LogP contribution in [-0.4, -0.2) is 126 Å². The molecule has 2 saturated heterocycles. The van der Waals surface area contributed by atoms with E-state index >= 15 is 0 Å². The van der Waals surface area contributed by atoms with E-state index in [9.17, 15) is 30.3 Å². The molecule has 5 N–H and O–H groups in total. The van der Waals surface area contributed by atoms with Crippen LogP contribution in [0, 0.1) is 35.5 Å². The zero-order valence-corrected chi connectivity index (χ0v) is 35.1. The lowest BCUT2D eigenvalue weighted by Crippen LogP contribution is -2.62. The summed E-state index contributed by atoms with van der Waals surface area (Å²) in [6.45, 7) is 18.6. The number of aliphatic hydroxyl groups excluding tert-OH is 4. The summed E-state index contributed by atoms with van der Waals surface area (Å²) in [6, 6.07) is 0. The number of aliphatic hydroxyl groups is 5. The van der Waals surface area contributed by atoms with Crippen LogP contribution < -0.4 is 0 Å². The van der Waals surface area contributed by atoms with E-state index in [2.05, 4.69) is 0 Å². The Bertz CT molecular complexity index is 1360. The second kappa shape index (κ2) is 20.5. The van der Waals surface area contributed by atoms with Gasteiger partial charge in [-0.25, -0.2) is 4.79 Å². The molecule has 3 aliphatic heterocycles. The minimum Gasteiger partial charge on any atom is -0.490 e. The van der Waals surface area contributed by atoms with Gasteiger partial charge in [-0.15, -0.1) is 0 Å². The van der Waals surface area contributed by atoms with Gasteiger partial charge in [0.05, 0.1) is 37.6 Å². The SMILES string of the molecule is CO/C1=C\C(C)=C\C(C)C(O)C(C)C/C(C)=C\C=C\C(OC)C(C(C)C(O)C(C)C2(O)CC(O[C@@H]3O[C@@H](C)[C@H](O)[C@@H](O)[C@H]3OC)C(C)C(C(C)C)O2)OC1=O. The Balaban J connectivity index is 2.00. The molecule has 316 valence electrons. The quantitative estimate of drug-likeness (QED) is 0.199. The van der Waals surface area contributed by atoms with Gasteiger partial charge in [-0.2, -0.15) is 0 Å². The van der Waals surface area contributed by atoms with Crippen LogP contribution in [0.4, 0.5) is 0 Å². The van der Waals surface area contributed by atoms with Crippen molar-refractivity contribution >= 4 is 5.97 Å². The van der Waals surface area contributed by atoms with E-state index in [0.29, 0.717) is 12.0 Å². The van der Waals surface area contributed by atoms with Crippen molar-refractivity contribution in [3.8, 4) is 0 Å². The van der Waals surface area contributed by atoms with Crippen LogP contribution >= 0.6 is 0 Å². The van der Waals surface area contributed by atoms with Crippen molar-refractivity contribution in [1.29, 1.82) is 0 Å². The number of allylic oxidation sites excluding steroid dienone is 5. The lowest BCUT2D eigenvalue weighted by Gasteiger charge is -2.51. The summed E-state index contributed by atoms with van der Waals surface area (Å²) in [4.78, 5) is 13.8. The zero-order chi connectivity index (χ0) is 41.5. The standard InChI is InChI=1S/C42H70O13/c1-21(2)37-26(7)32(53-41-39(51-13)36(46)35(45)29(10)52-41)20-42(48,55-37)28(9)34(44)27(8)38-30(49-11)16-14-15-22(3)17-24(5)33(43)25(6)18-23(4)19-31(50-12)40(47)54-38/h14-16,18-19,21,24-30,32-39,41,43-46,48H,17,20H2,1-13H3/b16-14+,22-15-,23-18+,31-19-/t24?,25?,26?,27?,28?,29-,30?,32?,33?,34?,35-,36+,37?,38?,39+,41-,42?/m0/s1. The lowest BCUT2D eigenvalue weighted by molar-refractivity contribution is -0.362. The van der Waals surface area contributed by atoms with Crippen LogP contribution in [0.25, 0.3) is 0 Å². The molecule has 0 bridgehead atoms. The van der Waals surface area contributed by atoms with Crippen LogP contribution in [0.3, 0.4) is 0 Å². The molecular formula is C42H70O13. The highest BCUT2D eigenvalue weighted by atomic mass is 16.7. The Morgan fingerprint density at radius 1 is 0.927 bits per heavy atom. The Kier molecular flexibility index (Phi) is 17.6. The first kappa shape index (κ1) is 47.2. The van der Waals surface area contributed by atoms with Crippen LogP contribution in [0.2, 0.25) is 0 Å². The molecule has 55 heavy (non-hydrogen) atoms. The van der Waals surface area contributed by atoms with Gasteiger partial charge in [0.25, 0.3) is 0 Å². The van der Waals surface area contributed by atoms with Gasteiger partial charge in [0, 0.05) is 44.3 Å². The third-order valence-corrected chi connectivity index (χ3v) is 11.8. The van der Waals surface area contributed by atoms with Crippen LogP contribution in [0.1, 0.15) is 82.1 Å². The van der Waals surface area contributed by atoms with Crippen LogP contribution in [0.15, 0.2) is 47.3 Å². The molecule has 12 unspecified atom stereocenters. The lowest BCUT2D eigenvalue weighted by atomic mass is 9.76. The van der Waals surface area contributed by atoms with Gasteiger partial charge >= 0.3 is 5.97 Å². The van der Waals surface area contributed by atoms with Crippen molar-refractivity contribution in [2.45, 2.75) is 155 Å². The van der Waals surface area contributed by atoms with E-state index in [0.717, 1.165) is 5.57 Å². The van der Waals surface area contributed by atoms with Gasteiger partial charge in [0.15, 0.2) is 12.1 Å². The number of carbonyl (C=O) groups excluding carboxylic acids is 1. The van der Waals surface area contributed by atoms with Gasteiger partial charge < -0.3 is 58.7 Å². The number of cyclic esters (lactones) is 1. The fraction of sp³-hybridized carbons (Fsp3) is 0.786. The Morgan fingerprint density at radius 2 is 1.58 bits per heavy atom. The minimum absolute atomic E-state index is 0.0363. The Morgan fingerprint density at radius 3 is 2.16 bits per heavy atom. The number of esters is 1. The summed E-state index contributed by atoms with van der Waals surface area (Å²) in [5, 5.41) is 56.6. The Hall–Kier alpha value is -2.17. The highest BCUT2D eigenvalue weighted by Gasteiger charge is 2.54. The third kappa shape index (κ3) is 11.5. The summed E-state index contributed by atoms with van der Waals surface area (Å²) < 4.78 is 41.8. The molecule has 3 heterocycles. The van der Waals surface area contributed by atoms with Crippen molar-refractivity contribution < 1.29 is 63.5 Å². The fourth-order valence-corrected chi connectivity index (χ4v) is 8.23. The average molecular weight is 783 g/mol. The molecule has 2 fully saturated rings. The molecular weight excluding hydrogens is 712 g/mol. The number of hydrogen-bond donors (Lipinski definition) is 5. The molecule has 0 aromatic carbocycles. The molecule has 13 heteroatoms. The molecule has 0 aliphatic carbocycles. The first-order valence-corrected chi connectivity index (χ1v) is 19.7. The molecule has 3 aliphatic rings. The van der Waals surface area contributed by atoms with Gasteiger partial charge in [-0.1, -0.05) is 83.9 Å². The molecule has 17 atom stereocenters. The smallest absolute Gasteiger partial charge is 0.373 e. The summed E-state index contributed by atoms with van der Waals surface area (Å²) >= 11 is 0. The van der Waals surface area contributed by atoms with E-state index in [1.807, 2.05) is 66.7 Å².